The molecule has 0 heterocycles. The van der Waals surface area contributed by atoms with Crippen molar-refractivity contribution in [2.75, 3.05) is 20.8 Å². The fourth-order valence-corrected chi connectivity index (χ4v) is 5.43. The van der Waals surface area contributed by atoms with Gasteiger partial charge >= 0.3 is 0 Å². The number of hydrogen-bond donors (Lipinski definition) is 0. The quantitative estimate of drug-likeness (QED) is 0.121. The van der Waals surface area contributed by atoms with Gasteiger partial charge in [0.05, 0.1) is 36.7 Å². The number of ether oxygens (including phenoxy) is 3. The molecular formula is C26H27N3O9S. The first-order valence-corrected chi connectivity index (χ1v) is 13.0. The predicted octanol–water partition coefficient (Wildman–Crippen LogP) is 4.48. The molecule has 0 spiro atoms. The van der Waals surface area contributed by atoms with Gasteiger partial charge in [0, 0.05) is 12.6 Å². The summed E-state index contributed by atoms with van der Waals surface area (Å²) in [5.41, 5.74) is -0.0795. The molecule has 1 unspecified atom stereocenters. The zero-order valence-corrected chi connectivity index (χ0v) is 22.1. The van der Waals surface area contributed by atoms with Crippen molar-refractivity contribution in [2.24, 2.45) is 0 Å². The largest absolute Gasteiger partial charge is 0.493 e. The third kappa shape index (κ3) is 6.96. The Balaban J connectivity index is 2.03. The van der Waals surface area contributed by atoms with Gasteiger partial charge in [-0.2, -0.15) is 4.31 Å². The Labute approximate surface area is 225 Å². The van der Waals surface area contributed by atoms with E-state index >= 15 is 0 Å². The molecule has 0 amide bonds. The molecule has 0 saturated heterocycles. The summed E-state index contributed by atoms with van der Waals surface area (Å²) >= 11 is 0. The lowest BCUT2D eigenvalue weighted by Crippen LogP contribution is -2.42. The van der Waals surface area contributed by atoms with Gasteiger partial charge < -0.3 is 14.2 Å². The molecule has 3 rings (SSSR count). The van der Waals surface area contributed by atoms with Crippen LogP contribution in [0.25, 0.3) is 0 Å². The van der Waals surface area contributed by atoms with E-state index < -0.39 is 42.4 Å². The van der Waals surface area contributed by atoms with Crippen LogP contribution in [0, 0.1) is 20.2 Å². The first kappa shape index (κ1) is 29.2. The van der Waals surface area contributed by atoms with Crippen LogP contribution in [0.2, 0.25) is 0 Å². The summed E-state index contributed by atoms with van der Waals surface area (Å²) in [5.74, 6) is 0.929. The van der Waals surface area contributed by atoms with Gasteiger partial charge in [0.25, 0.3) is 21.4 Å². The Morgan fingerprint density at radius 2 is 1.62 bits per heavy atom. The Kier molecular flexibility index (Phi) is 9.71. The smallest absolute Gasteiger partial charge is 0.296 e. The van der Waals surface area contributed by atoms with Crippen LogP contribution >= 0.6 is 0 Å². The molecule has 3 aromatic carbocycles. The lowest BCUT2D eigenvalue weighted by atomic mass is 10.1. The molecule has 39 heavy (non-hydrogen) atoms. The molecule has 13 heteroatoms. The van der Waals surface area contributed by atoms with Gasteiger partial charge in [0.15, 0.2) is 16.4 Å². The molecule has 3 aromatic rings. The fraction of sp³-hybridized carbons (Fsp3) is 0.231. The molecule has 12 nitrogen and oxygen atoms in total. The van der Waals surface area contributed by atoms with E-state index in [0.717, 1.165) is 22.0 Å². The number of nitrogens with zero attached hydrogens (tertiary/aromatic N) is 3. The minimum atomic E-state index is -4.62. The Hall–Kier alpha value is -4.33. The van der Waals surface area contributed by atoms with Crippen LogP contribution in [0.1, 0.15) is 11.1 Å². The number of nitro benzene ring substituents is 2. The van der Waals surface area contributed by atoms with Crippen molar-refractivity contribution < 1.29 is 32.5 Å². The molecule has 0 aliphatic heterocycles. The zero-order chi connectivity index (χ0) is 28.6. The van der Waals surface area contributed by atoms with Gasteiger partial charge in [-0.3, -0.25) is 20.2 Å². The van der Waals surface area contributed by atoms with E-state index in [2.05, 4.69) is 6.58 Å². The second-order valence-corrected chi connectivity index (χ2v) is 10.0. The maximum absolute atomic E-state index is 13.9. The van der Waals surface area contributed by atoms with Crippen LogP contribution < -0.4 is 9.47 Å². The first-order valence-electron chi connectivity index (χ1n) is 11.6. The van der Waals surface area contributed by atoms with Crippen molar-refractivity contribution in [3.63, 3.8) is 0 Å². The van der Waals surface area contributed by atoms with Crippen molar-refractivity contribution in [3.8, 4) is 11.5 Å². The third-order valence-corrected chi connectivity index (χ3v) is 7.66. The number of benzene rings is 3. The maximum Gasteiger partial charge on any atom is 0.296 e. The summed E-state index contributed by atoms with van der Waals surface area (Å²) in [7, 11) is -1.66. The third-order valence-electron chi connectivity index (χ3n) is 5.75. The summed E-state index contributed by atoms with van der Waals surface area (Å²) < 4.78 is 45.1. The van der Waals surface area contributed by atoms with E-state index in [1.165, 1.54) is 20.3 Å². The Morgan fingerprint density at radius 1 is 0.923 bits per heavy atom. The average molecular weight is 558 g/mol. The number of nitro groups is 2. The van der Waals surface area contributed by atoms with Gasteiger partial charge in [-0.05, 0) is 41.8 Å². The van der Waals surface area contributed by atoms with Gasteiger partial charge in [-0.25, -0.2) is 8.42 Å². The van der Waals surface area contributed by atoms with E-state index in [0.29, 0.717) is 23.1 Å². The summed E-state index contributed by atoms with van der Waals surface area (Å²) in [6, 6.07) is 16.5. The van der Waals surface area contributed by atoms with Crippen molar-refractivity contribution in [1.82, 2.24) is 4.31 Å². The summed E-state index contributed by atoms with van der Waals surface area (Å²) in [6.07, 6.45) is 0.219. The lowest BCUT2D eigenvalue weighted by Gasteiger charge is -2.29. The van der Waals surface area contributed by atoms with Crippen molar-refractivity contribution in [2.45, 2.75) is 24.2 Å². The number of hydrogen-bond acceptors (Lipinski definition) is 9. The molecule has 206 valence electrons. The normalized spacial score (nSPS) is 12.1. The van der Waals surface area contributed by atoms with Crippen LogP contribution in [-0.2, 0) is 27.8 Å². The number of methoxy groups -OCH3 is 2. The maximum atomic E-state index is 13.9. The van der Waals surface area contributed by atoms with E-state index in [4.69, 9.17) is 14.2 Å². The van der Waals surface area contributed by atoms with E-state index in [-0.39, 0.29) is 19.6 Å². The van der Waals surface area contributed by atoms with Gasteiger partial charge in [-0.15, -0.1) is 0 Å². The van der Waals surface area contributed by atoms with Crippen LogP contribution in [0.4, 0.5) is 11.4 Å². The second-order valence-electron chi connectivity index (χ2n) is 8.14. The molecule has 0 fully saturated rings. The van der Waals surface area contributed by atoms with Crippen LogP contribution in [0.3, 0.4) is 0 Å². The minimum Gasteiger partial charge on any atom is -0.493 e. The van der Waals surface area contributed by atoms with Gasteiger partial charge in [0.2, 0.25) is 0 Å². The second kappa shape index (κ2) is 13.0. The van der Waals surface area contributed by atoms with Gasteiger partial charge in [0.1, 0.15) is 6.23 Å². The highest BCUT2D eigenvalue weighted by Crippen LogP contribution is 2.33. The molecule has 0 saturated carbocycles. The molecule has 1 atom stereocenters. The molecule has 0 aliphatic carbocycles. The van der Waals surface area contributed by atoms with Crippen molar-refractivity contribution in [3.05, 3.63) is 111 Å². The molecule has 0 radical (unpaired) electrons. The molecule has 0 N–H and O–H groups in total. The lowest BCUT2D eigenvalue weighted by molar-refractivity contribution is -0.396. The number of non-ortho nitro benzene ring substituents is 1. The van der Waals surface area contributed by atoms with E-state index in [1.807, 2.05) is 6.07 Å². The summed E-state index contributed by atoms with van der Waals surface area (Å²) in [5, 5.41) is 22.9. The standard InChI is InChI=1S/C26H27N3O9S/c1-4-26(38-18-20-8-6-5-7-9-20)27(15-14-19-10-12-23(36-2)24(16-19)37-3)39(34,35)25-13-11-21(28(30)31)17-22(25)29(32)33/h4-13,16-17,26H,1,14-15,18H2,2-3H3. The molecule has 0 bridgehead atoms. The average Bonchev–Trinajstić information content (AvgIpc) is 2.94. The van der Waals surface area contributed by atoms with Crippen molar-refractivity contribution in [1.29, 1.82) is 0 Å². The fourth-order valence-electron chi connectivity index (χ4n) is 3.79. The van der Waals surface area contributed by atoms with Crippen molar-refractivity contribution >= 4 is 21.4 Å². The topological polar surface area (TPSA) is 151 Å². The minimum absolute atomic E-state index is 0.0300. The summed E-state index contributed by atoms with van der Waals surface area (Å²) in [6.45, 7) is 3.57. The highest BCUT2D eigenvalue weighted by molar-refractivity contribution is 7.89. The van der Waals surface area contributed by atoms with E-state index in [1.54, 1.807) is 42.5 Å². The first-order chi connectivity index (χ1) is 18.6. The zero-order valence-electron chi connectivity index (χ0n) is 21.3. The van der Waals surface area contributed by atoms with E-state index in [9.17, 15) is 28.6 Å². The summed E-state index contributed by atoms with van der Waals surface area (Å²) in [4.78, 5) is 20.4. The van der Waals surface area contributed by atoms with Crippen LogP contribution in [-0.4, -0.2) is 49.6 Å². The number of sulfonamides is 1. The Morgan fingerprint density at radius 3 is 2.21 bits per heavy atom. The molecule has 0 aliphatic rings. The highest BCUT2D eigenvalue weighted by atomic mass is 32.2. The van der Waals surface area contributed by atoms with Gasteiger partial charge in [-0.1, -0.05) is 43.0 Å². The Bertz CT molecular complexity index is 1450. The molecule has 0 aromatic heterocycles. The predicted molar refractivity (Wildman–Crippen MR) is 142 cm³/mol. The van der Waals surface area contributed by atoms with Crippen LogP contribution in [0.5, 0.6) is 11.5 Å². The monoisotopic (exact) mass is 557 g/mol. The molecular weight excluding hydrogens is 530 g/mol. The SMILES string of the molecule is C=CC(OCc1ccccc1)N(CCc1ccc(OC)c(OC)c1)S(=O)(=O)c1ccc([N+](=O)[O-])cc1[N+](=O)[O-]. The number of rotatable bonds is 14. The van der Waals surface area contributed by atoms with Crippen LogP contribution in [0.15, 0.2) is 84.3 Å². The highest BCUT2D eigenvalue weighted by Gasteiger charge is 2.37.